The summed E-state index contributed by atoms with van der Waals surface area (Å²) in [5.74, 6) is 0.768. The van der Waals surface area contributed by atoms with Crippen molar-refractivity contribution in [3.63, 3.8) is 0 Å². The summed E-state index contributed by atoms with van der Waals surface area (Å²) in [4.78, 5) is 0. The molecule has 1 atom stereocenters. The molecular formula is C15H24O2. The lowest BCUT2D eigenvalue weighted by Gasteiger charge is -2.17. The van der Waals surface area contributed by atoms with E-state index < -0.39 is 0 Å². The lowest BCUT2D eigenvalue weighted by atomic mass is 9.93. The van der Waals surface area contributed by atoms with Gasteiger partial charge in [-0.05, 0) is 30.4 Å². The summed E-state index contributed by atoms with van der Waals surface area (Å²) in [6, 6.07) is 8.24. The minimum absolute atomic E-state index is 0.190. The zero-order valence-corrected chi connectivity index (χ0v) is 11.1. The molecule has 1 rings (SSSR count). The standard InChI is InChI=1S/C15H24O2/c1-12(2)11-17-9-8-14(10-16)15-7-5-4-6-13(15)3/h4-7,12,14,16H,8-11H2,1-3H3. The van der Waals surface area contributed by atoms with E-state index in [4.69, 9.17) is 4.74 Å². The minimum Gasteiger partial charge on any atom is -0.396 e. The van der Waals surface area contributed by atoms with Gasteiger partial charge in [-0.3, -0.25) is 0 Å². The fourth-order valence-corrected chi connectivity index (χ4v) is 1.93. The summed E-state index contributed by atoms with van der Waals surface area (Å²) in [5.41, 5.74) is 2.48. The van der Waals surface area contributed by atoms with Crippen LogP contribution >= 0.6 is 0 Å². The number of aliphatic hydroxyl groups is 1. The summed E-state index contributed by atoms with van der Waals surface area (Å²) in [5, 5.41) is 9.46. The molecule has 0 spiro atoms. The van der Waals surface area contributed by atoms with Crippen molar-refractivity contribution in [1.82, 2.24) is 0 Å². The maximum atomic E-state index is 9.46. The second-order valence-corrected chi connectivity index (χ2v) is 4.99. The SMILES string of the molecule is Cc1ccccc1C(CO)CCOCC(C)C. The van der Waals surface area contributed by atoms with Gasteiger partial charge in [0.25, 0.3) is 0 Å². The quantitative estimate of drug-likeness (QED) is 0.737. The molecule has 1 aromatic rings. The predicted molar refractivity (Wildman–Crippen MR) is 71.3 cm³/mol. The van der Waals surface area contributed by atoms with Gasteiger partial charge in [-0.15, -0.1) is 0 Å². The van der Waals surface area contributed by atoms with Crippen LogP contribution in [-0.2, 0) is 4.74 Å². The Hall–Kier alpha value is -0.860. The Bertz CT molecular complexity index is 320. The van der Waals surface area contributed by atoms with Gasteiger partial charge in [0.05, 0.1) is 6.61 Å². The van der Waals surface area contributed by atoms with E-state index in [0.717, 1.165) is 19.6 Å². The number of aliphatic hydroxyl groups excluding tert-OH is 1. The molecule has 96 valence electrons. The number of rotatable bonds is 7. The fraction of sp³-hybridized carbons (Fsp3) is 0.600. The number of hydrogen-bond acceptors (Lipinski definition) is 2. The van der Waals surface area contributed by atoms with Crippen molar-refractivity contribution in [2.45, 2.75) is 33.1 Å². The van der Waals surface area contributed by atoms with Crippen LogP contribution in [0.2, 0.25) is 0 Å². The third kappa shape index (κ3) is 4.88. The normalized spacial score (nSPS) is 13.0. The second-order valence-electron chi connectivity index (χ2n) is 4.99. The van der Waals surface area contributed by atoms with E-state index in [9.17, 15) is 5.11 Å². The van der Waals surface area contributed by atoms with Crippen LogP contribution < -0.4 is 0 Å². The van der Waals surface area contributed by atoms with Crippen LogP contribution in [0.4, 0.5) is 0 Å². The van der Waals surface area contributed by atoms with Gasteiger partial charge in [-0.2, -0.15) is 0 Å². The van der Waals surface area contributed by atoms with Crippen molar-refractivity contribution in [3.8, 4) is 0 Å². The van der Waals surface area contributed by atoms with Crippen LogP contribution in [0.5, 0.6) is 0 Å². The number of ether oxygens (including phenoxy) is 1. The van der Waals surface area contributed by atoms with E-state index in [0.29, 0.717) is 5.92 Å². The van der Waals surface area contributed by atoms with Crippen molar-refractivity contribution >= 4 is 0 Å². The van der Waals surface area contributed by atoms with Gasteiger partial charge in [0, 0.05) is 19.1 Å². The summed E-state index contributed by atoms with van der Waals surface area (Å²) in [7, 11) is 0. The molecule has 0 saturated heterocycles. The molecular weight excluding hydrogens is 212 g/mol. The minimum atomic E-state index is 0.190. The largest absolute Gasteiger partial charge is 0.396 e. The summed E-state index contributed by atoms with van der Waals surface area (Å²) in [6.07, 6.45) is 0.883. The molecule has 0 aliphatic rings. The first-order chi connectivity index (χ1) is 8.15. The summed E-state index contributed by atoms with van der Waals surface area (Å²) >= 11 is 0. The molecule has 1 aromatic carbocycles. The highest BCUT2D eigenvalue weighted by Crippen LogP contribution is 2.22. The van der Waals surface area contributed by atoms with Crippen LogP contribution in [0.1, 0.15) is 37.3 Å². The first-order valence-corrected chi connectivity index (χ1v) is 6.39. The first-order valence-electron chi connectivity index (χ1n) is 6.39. The van der Waals surface area contributed by atoms with Gasteiger partial charge in [0.15, 0.2) is 0 Å². The molecule has 1 N–H and O–H groups in total. The highest BCUT2D eigenvalue weighted by Gasteiger charge is 2.12. The van der Waals surface area contributed by atoms with Gasteiger partial charge < -0.3 is 9.84 Å². The van der Waals surface area contributed by atoms with Crippen molar-refractivity contribution in [1.29, 1.82) is 0 Å². The summed E-state index contributed by atoms with van der Waals surface area (Å²) < 4.78 is 5.58. The maximum Gasteiger partial charge on any atom is 0.0500 e. The zero-order chi connectivity index (χ0) is 12.7. The molecule has 17 heavy (non-hydrogen) atoms. The molecule has 0 aromatic heterocycles. The molecule has 0 saturated carbocycles. The van der Waals surface area contributed by atoms with Gasteiger partial charge in [0.1, 0.15) is 0 Å². The molecule has 0 heterocycles. The lowest BCUT2D eigenvalue weighted by molar-refractivity contribution is 0.0977. The Morgan fingerprint density at radius 3 is 2.53 bits per heavy atom. The Labute approximate surface area is 105 Å². The smallest absolute Gasteiger partial charge is 0.0500 e. The van der Waals surface area contributed by atoms with Gasteiger partial charge in [-0.1, -0.05) is 38.1 Å². The second kappa shape index (κ2) is 7.46. The van der Waals surface area contributed by atoms with Crippen molar-refractivity contribution in [3.05, 3.63) is 35.4 Å². The molecule has 0 radical (unpaired) electrons. The van der Waals surface area contributed by atoms with Crippen LogP contribution in [-0.4, -0.2) is 24.9 Å². The predicted octanol–water partition coefficient (Wildman–Crippen LogP) is 3.13. The fourth-order valence-electron chi connectivity index (χ4n) is 1.93. The Kier molecular flexibility index (Phi) is 6.23. The van der Waals surface area contributed by atoms with Crippen LogP contribution in [0.15, 0.2) is 24.3 Å². The Balaban J connectivity index is 2.46. The monoisotopic (exact) mass is 236 g/mol. The lowest BCUT2D eigenvalue weighted by Crippen LogP contribution is -2.11. The van der Waals surface area contributed by atoms with E-state index >= 15 is 0 Å². The molecule has 2 nitrogen and oxygen atoms in total. The van der Waals surface area contributed by atoms with Crippen LogP contribution in [0.3, 0.4) is 0 Å². The van der Waals surface area contributed by atoms with Gasteiger partial charge in [-0.25, -0.2) is 0 Å². The molecule has 1 unspecified atom stereocenters. The van der Waals surface area contributed by atoms with E-state index in [1.54, 1.807) is 0 Å². The number of aryl methyl sites for hydroxylation is 1. The van der Waals surface area contributed by atoms with Crippen LogP contribution in [0, 0.1) is 12.8 Å². The van der Waals surface area contributed by atoms with E-state index in [2.05, 4.69) is 32.9 Å². The van der Waals surface area contributed by atoms with Gasteiger partial charge >= 0.3 is 0 Å². The van der Waals surface area contributed by atoms with E-state index in [-0.39, 0.29) is 12.5 Å². The topological polar surface area (TPSA) is 29.5 Å². The average Bonchev–Trinajstić information content (AvgIpc) is 2.30. The van der Waals surface area contributed by atoms with E-state index in [1.807, 2.05) is 12.1 Å². The van der Waals surface area contributed by atoms with Gasteiger partial charge in [0.2, 0.25) is 0 Å². The number of hydrogen-bond donors (Lipinski definition) is 1. The van der Waals surface area contributed by atoms with Crippen LogP contribution in [0.25, 0.3) is 0 Å². The highest BCUT2D eigenvalue weighted by atomic mass is 16.5. The zero-order valence-electron chi connectivity index (χ0n) is 11.1. The Morgan fingerprint density at radius 1 is 1.24 bits per heavy atom. The van der Waals surface area contributed by atoms with Crippen molar-refractivity contribution in [2.75, 3.05) is 19.8 Å². The Morgan fingerprint density at radius 2 is 1.94 bits per heavy atom. The maximum absolute atomic E-state index is 9.46. The summed E-state index contributed by atoms with van der Waals surface area (Å²) in [6.45, 7) is 8.09. The molecule has 0 aliphatic carbocycles. The first kappa shape index (κ1) is 14.2. The third-order valence-electron chi connectivity index (χ3n) is 2.91. The molecule has 0 fully saturated rings. The highest BCUT2D eigenvalue weighted by molar-refractivity contribution is 5.29. The molecule has 2 heteroatoms. The third-order valence-corrected chi connectivity index (χ3v) is 2.91. The van der Waals surface area contributed by atoms with Crippen molar-refractivity contribution in [2.24, 2.45) is 5.92 Å². The molecule has 0 amide bonds. The van der Waals surface area contributed by atoms with Crippen molar-refractivity contribution < 1.29 is 9.84 Å². The average molecular weight is 236 g/mol. The van der Waals surface area contributed by atoms with E-state index in [1.165, 1.54) is 11.1 Å². The molecule has 0 bridgehead atoms. The molecule has 0 aliphatic heterocycles. The number of benzene rings is 1.